The summed E-state index contributed by atoms with van der Waals surface area (Å²) in [7, 11) is 0. The van der Waals surface area contributed by atoms with E-state index in [1.165, 1.54) is 0 Å². The molecule has 0 fully saturated rings. The summed E-state index contributed by atoms with van der Waals surface area (Å²) in [6.07, 6.45) is 0. The molecular weight excluding hydrogens is 179 g/mol. The van der Waals surface area contributed by atoms with Crippen LogP contribution in [0.15, 0.2) is 30.3 Å². The van der Waals surface area contributed by atoms with Gasteiger partial charge in [0.05, 0.1) is 0 Å². The fraction of sp³-hybridized carbons (Fsp3) is 0.111. The van der Waals surface area contributed by atoms with E-state index in [9.17, 15) is 0 Å². The lowest BCUT2D eigenvalue weighted by molar-refractivity contribution is 1.63. The van der Waals surface area contributed by atoms with Gasteiger partial charge in [0, 0.05) is 5.56 Å². The molecule has 1 aromatic rings. The second kappa shape index (κ2) is 4.28. The highest BCUT2D eigenvalue weighted by Gasteiger charge is 1.87. The zero-order chi connectivity index (χ0) is 8.10. The Morgan fingerprint density at radius 1 is 1.09 bits per heavy atom. The van der Waals surface area contributed by atoms with Crippen molar-refractivity contribution in [1.29, 1.82) is 0 Å². The monoisotopic (exact) mass is 184 g/mol. The van der Waals surface area contributed by atoms with E-state index in [-0.39, 0.29) is 0 Å². The molecule has 0 aliphatic rings. The largest absolute Gasteiger partial charge is 0.168 e. The van der Waals surface area contributed by atoms with Gasteiger partial charge >= 0.3 is 0 Å². The van der Waals surface area contributed by atoms with Crippen LogP contribution in [0, 0.1) is 11.8 Å². The smallest absolute Gasteiger partial charge is 0.0909 e. The minimum absolute atomic E-state index is 0.602. The van der Waals surface area contributed by atoms with Crippen molar-refractivity contribution in [2.45, 2.75) is 4.84 Å². The molecule has 1 rings (SSSR count). The highest BCUT2D eigenvalue weighted by Crippen LogP contribution is 2.00. The molecule has 0 bridgehead atoms. The molecule has 0 atom stereocenters. The Hall–Kier alpha value is -0.640. The highest BCUT2D eigenvalue weighted by atomic mass is 35.5. The van der Waals surface area contributed by atoms with Gasteiger partial charge in [-0.15, -0.1) is 0 Å². The predicted molar refractivity (Wildman–Crippen MR) is 48.8 cm³/mol. The number of rotatable bonds is 0. The Balaban J connectivity index is 2.75. The molecule has 0 aliphatic heterocycles. The number of hydrogen-bond acceptors (Lipinski definition) is 0. The average Bonchev–Trinajstić information content (AvgIpc) is 2.03. The molecule has 0 saturated carbocycles. The summed E-state index contributed by atoms with van der Waals surface area (Å²) < 4.78 is 0. The van der Waals surface area contributed by atoms with Crippen LogP contribution in [0.25, 0.3) is 0 Å². The van der Waals surface area contributed by atoms with E-state index in [2.05, 4.69) is 11.8 Å². The van der Waals surface area contributed by atoms with Crippen molar-refractivity contribution in [2.75, 3.05) is 0 Å². The normalized spacial score (nSPS) is 9.00. The molecule has 0 aliphatic carbocycles. The van der Waals surface area contributed by atoms with Gasteiger partial charge in [-0.1, -0.05) is 53.2 Å². The molecule has 56 valence electrons. The molecule has 1 aromatic carbocycles. The third kappa shape index (κ3) is 3.32. The lowest BCUT2D eigenvalue weighted by atomic mass is 10.2. The third-order valence-corrected chi connectivity index (χ3v) is 1.32. The summed E-state index contributed by atoms with van der Waals surface area (Å²) in [5.74, 6) is 5.47. The molecular formula is C9H6Cl2. The second-order valence-electron chi connectivity index (χ2n) is 1.94. The van der Waals surface area contributed by atoms with E-state index in [1.807, 2.05) is 30.3 Å². The van der Waals surface area contributed by atoms with Gasteiger partial charge in [-0.05, 0) is 12.1 Å². The standard InChI is InChI=1S/C9H6Cl2/c10-9(11)7-6-8-4-2-1-3-5-8/h1-5,9H. The van der Waals surface area contributed by atoms with Crippen LogP contribution < -0.4 is 0 Å². The summed E-state index contributed by atoms with van der Waals surface area (Å²) in [4.78, 5) is -0.602. The van der Waals surface area contributed by atoms with Gasteiger partial charge in [-0.25, -0.2) is 0 Å². The minimum Gasteiger partial charge on any atom is -0.0909 e. The summed E-state index contributed by atoms with van der Waals surface area (Å²) in [6.45, 7) is 0. The first-order valence-electron chi connectivity index (χ1n) is 3.14. The fourth-order valence-corrected chi connectivity index (χ4v) is 0.768. The number of hydrogen-bond donors (Lipinski definition) is 0. The summed E-state index contributed by atoms with van der Waals surface area (Å²) in [5, 5.41) is 0. The van der Waals surface area contributed by atoms with E-state index >= 15 is 0 Å². The van der Waals surface area contributed by atoms with Crippen LogP contribution in [0.5, 0.6) is 0 Å². The Bertz CT molecular complexity index is 267. The summed E-state index contributed by atoms with van der Waals surface area (Å²) in [6, 6.07) is 9.58. The van der Waals surface area contributed by atoms with Crippen molar-refractivity contribution in [3.63, 3.8) is 0 Å². The van der Waals surface area contributed by atoms with E-state index in [1.54, 1.807) is 0 Å². The number of alkyl halides is 2. The molecule has 0 spiro atoms. The van der Waals surface area contributed by atoms with E-state index in [0.29, 0.717) is 0 Å². The molecule has 0 radical (unpaired) electrons. The maximum absolute atomic E-state index is 5.42. The van der Waals surface area contributed by atoms with Gasteiger partial charge in [0.2, 0.25) is 0 Å². The SMILES string of the molecule is ClC(Cl)C#Cc1ccccc1. The van der Waals surface area contributed by atoms with Crippen LogP contribution in [0.4, 0.5) is 0 Å². The van der Waals surface area contributed by atoms with Gasteiger partial charge in [-0.3, -0.25) is 0 Å². The highest BCUT2D eigenvalue weighted by molar-refractivity contribution is 6.46. The van der Waals surface area contributed by atoms with Crippen LogP contribution in [-0.2, 0) is 0 Å². The average molecular weight is 185 g/mol. The first-order valence-corrected chi connectivity index (χ1v) is 4.01. The molecule has 2 heteroatoms. The molecule has 0 nitrogen and oxygen atoms in total. The first-order chi connectivity index (χ1) is 5.29. The Kier molecular flexibility index (Phi) is 3.29. The first kappa shape index (κ1) is 8.46. The van der Waals surface area contributed by atoms with Crippen molar-refractivity contribution in [2.24, 2.45) is 0 Å². The van der Waals surface area contributed by atoms with Gasteiger partial charge in [0.25, 0.3) is 0 Å². The quantitative estimate of drug-likeness (QED) is 0.430. The van der Waals surface area contributed by atoms with Crippen LogP contribution in [0.2, 0.25) is 0 Å². The second-order valence-corrected chi connectivity index (χ2v) is 3.03. The van der Waals surface area contributed by atoms with Crippen molar-refractivity contribution < 1.29 is 0 Å². The summed E-state index contributed by atoms with van der Waals surface area (Å²) in [5.41, 5.74) is 0.929. The molecule has 0 N–H and O–H groups in total. The van der Waals surface area contributed by atoms with Crippen LogP contribution >= 0.6 is 23.2 Å². The van der Waals surface area contributed by atoms with Crippen LogP contribution in [0.1, 0.15) is 5.56 Å². The maximum Gasteiger partial charge on any atom is 0.168 e. The lowest BCUT2D eigenvalue weighted by Gasteiger charge is -1.86. The maximum atomic E-state index is 5.42. The van der Waals surface area contributed by atoms with Crippen molar-refractivity contribution in [3.8, 4) is 11.8 Å². The Morgan fingerprint density at radius 2 is 1.73 bits per heavy atom. The number of halogens is 2. The molecule has 0 saturated heterocycles. The molecule has 11 heavy (non-hydrogen) atoms. The topological polar surface area (TPSA) is 0 Å². The molecule has 0 aromatic heterocycles. The van der Waals surface area contributed by atoms with Gasteiger partial charge in [-0.2, -0.15) is 0 Å². The Morgan fingerprint density at radius 3 is 2.27 bits per heavy atom. The lowest BCUT2D eigenvalue weighted by Crippen LogP contribution is -1.77. The van der Waals surface area contributed by atoms with Crippen LogP contribution in [-0.4, -0.2) is 4.84 Å². The fourth-order valence-electron chi connectivity index (χ4n) is 0.659. The summed E-state index contributed by atoms with van der Waals surface area (Å²) >= 11 is 10.8. The zero-order valence-electron chi connectivity index (χ0n) is 5.72. The van der Waals surface area contributed by atoms with Crippen LogP contribution in [0.3, 0.4) is 0 Å². The molecule has 0 amide bonds. The third-order valence-electron chi connectivity index (χ3n) is 1.10. The van der Waals surface area contributed by atoms with Crippen molar-refractivity contribution in [1.82, 2.24) is 0 Å². The minimum atomic E-state index is -0.602. The number of benzene rings is 1. The predicted octanol–water partition coefficient (Wildman–Crippen LogP) is 2.84. The van der Waals surface area contributed by atoms with Crippen molar-refractivity contribution >= 4 is 23.2 Å². The van der Waals surface area contributed by atoms with Gasteiger partial charge in [0.1, 0.15) is 0 Å². The van der Waals surface area contributed by atoms with Gasteiger partial charge in [0.15, 0.2) is 4.84 Å². The Labute approximate surface area is 76.1 Å². The van der Waals surface area contributed by atoms with E-state index in [0.717, 1.165) is 5.56 Å². The zero-order valence-corrected chi connectivity index (χ0v) is 7.23. The van der Waals surface area contributed by atoms with E-state index < -0.39 is 4.84 Å². The van der Waals surface area contributed by atoms with Gasteiger partial charge < -0.3 is 0 Å². The molecule has 0 heterocycles. The van der Waals surface area contributed by atoms with Crippen molar-refractivity contribution in [3.05, 3.63) is 35.9 Å². The molecule has 0 unspecified atom stereocenters. The van der Waals surface area contributed by atoms with E-state index in [4.69, 9.17) is 23.2 Å².